The van der Waals surface area contributed by atoms with Gasteiger partial charge in [-0.1, -0.05) is 153 Å². The molecule has 1 aromatic carbocycles. The molecule has 0 saturated heterocycles. The molecule has 0 unspecified atom stereocenters. The maximum absolute atomic E-state index is 6.46. The predicted molar refractivity (Wildman–Crippen MR) is 180 cm³/mol. The van der Waals surface area contributed by atoms with E-state index in [9.17, 15) is 0 Å². The Morgan fingerprint density at radius 3 is 1.68 bits per heavy atom. The summed E-state index contributed by atoms with van der Waals surface area (Å²) >= 11 is 12.3. The van der Waals surface area contributed by atoms with E-state index in [0.29, 0.717) is 29.9 Å². The van der Waals surface area contributed by atoms with Crippen LogP contribution in [0.2, 0.25) is 28.2 Å². The molecule has 0 bridgehead atoms. The van der Waals surface area contributed by atoms with Crippen LogP contribution in [-0.4, -0.2) is 34.2 Å². The summed E-state index contributed by atoms with van der Waals surface area (Å²) in [6.45, 7) is 16.0. The van der Waals surface area contributed by atoms with Gasteiger partial charge in [-0.25, -0.2) is 0 Å². The van der Waals surface area contributed by atoms with Crippen molar-refractivity contribution in [3.63, 3.8) is 0 Å². The minimum Gasteiger partial charge on any atom is -1.00 e. The summed E-state index contributed by atoms with van der Waals surface area (Å²) in [4.78, 5) is 0. The van der Waals surface area contributed by atoms with E-state index < -0.39 is 8.32 Å². The second-order valence-corrected chi connectivity index (χ2v) is 18.8. The van der Waals surface area contributed by atoms with Crippen molar-refractivity contribution < 1.29 is 44.9 Å². The molecule has 0 aromatic heterocycles. The number of unbranched alkanes of at least 4 members (excludes halogenated alkanes) is 15. The van der Waals surface area contributed by atoms with E-state index in [1.165, 1.54) is 96.3 Å². The van der Waals surface area contributed by atoms with Crippen molar-refractivity contribution in [2.75, 3.05) is 19.8 Å². The van der Waals surface area contributed by atoms with Crippen molar-refractivity contribution in [1.82, 2.24) is 0 Å². The Kier molecular flexibility index (Phi) is 25.7. The summed E-state index contributed by atoms with van der Waals surface area (Å²) in [5.41, 5.74) is 1.00. The van der Waals surface area contributed by atoms with Crippen LogP contribution in [-0.2, 0) is 20.5 Å². The van der Waals surface area contributed by atoms with Crippen LogP contribution < -0.4 is 29.6 Å². The van der Waals surface area contributed by atoms with Gasteiger partial charge in [0.1, 0.15) is 6.10 Å². The van der Waals surface area contributed by atoms with Crippen LogP contribution in [0.4, 0.5) is 0 Å². The largest absolute Gasteiger partial charge is 1.00 e. The summed E-state index contributed by atoms with van der Waals surface area (Å²) in [7, 11) is -1.86. The van der Waals surface area contributed by atoms with E-state index in [2.05, 4.69) is 40.8 Å². The topological polar surface area (TPSA) is 27.7 Å². The van der Waals surface area contributed by atoms with Crippen molar-refractivity contribution in [3.8, 4) is 0 Å². The predicted octanol–water partition coefficient (Wildman–Crippen LogP) is 9.30. The fourth-order valence-electron chi connectivity index (χ4n) is 4.47. The molecule has 0 spiro atoms. The van der Waals surface area contributed by atoms with Crippen molar-refractivity contribution >= 4 is 31.5 Å². The first kappa shape index (κ1) is 41.9. The third-order valence-corrected chi connectivity index (χ3v) is 13.6. The van der Waals surface area contributed by atoms with Gasteiger partial charge in [-0.3, -0.25) is 0 Å². The minimum atomic E-state index is -1.86. The molecule has 0 aliphatic rings. The van der Waals surface area contributed by atoms with Gasteiger partial charge in [0.25, 0.3) is 0 Å². The summed E-state index contributed by atoms with van der Waals surface area (Å²) in [5, 5.41) is 1.28. The smallest absolute Gasteiger partial charge is 1.00 e. The Labute approximate surface area is 289 Å². The van der Waals surface area contributed by atoms with Gasteiger partial charge in [-0.05, 0) is 42.2 Å². The average Bonchev–Trinajstić information content (AvgIpc) is 2.90. The van der Waals surface area contributed by atoms with Gasteiger partial charge in [-0.2, -0.15) is 0 Å². The van der Waals surface area contributed by atoms with E-state index >= 15 is 0 Å². The molecular formula is C34H63Cl2NaO3Si. The van der Waals surface area contributed by atoms with Gasteiger partial charge in [0.05, 0.1) is 29.9 Å². The number of halogens is 2. The zero-order valence-electron chi connectivity index (χ0n) is 28.9. The van der Waals surface area contributed by atoms with E-state index in [-0.39, 0.29) is 42.1 Å². The van der Waals surface area contributed by atoms with Crippen molar-refractivity contribution in [3.05, 3.63) is 33.8 Å². The fraction of sp³-hybridized carbons (Fsp3) is 0.824. The fourth-order valence-corrected chi connectivity index (χ4v) is 5.83. The third-order valence-electron chi connectivity index (χ3n) is 8.35. The van der Waals surface area contributed by atoms with Gasteiger partial charge in [0, 0.05) is 6.61 Å². The quantitative estimate of drug-likeness (QED) is 0.0787. The van der Waals surface area contributed by atoms with Crippen LogP contribution in [0.3, 0.4) is 0 Å². The van der Waals surface area contributed by atoms with E-state index in [1.807, 2.05) is 18.2 Å². The molecule has 7 heteroatoms. The molecule has 0 saturated carbocycles. The van der Waals surface area contributed by atoms with Gasteiger partial charge >= 0.3 is 29.6 Å². The summed E-state index contributed by atoms with van der Waals surface area (Å²) in [5.74, 6) is 0. The molecule has 0 heterocycles. The Morgan fingerprint density at radius 1 is 0.732 bits per heavy atom. The maximum Gasteiger partial charge on any atom is 1.00 e. The number of ether oxygens (including phenoxy) is 2. The number of hydrogen-bond donors (Lipinski definition) is 0. The van der Waals surface area contributed by atoms with Crippen LogP contribution in [0.5, 0.6) is 0 Å². The number of hydrogen-bond acceptors (Lipinski definition) is 3. The maximum atomic E-state index is 6.46. The van der Waals surface area contributed by atoms with Crippen LogP contribution >= 0.6 is 23.2 Å². The molecule has 41 heavy (non-hydrogen) atoms. The second-order valence-electron chi connectivity index (χ2n) is 13.1. The van der Waals surface area contributed by atoms with Gasteiger partial charge in [0.15, 0.2) is 8.32 Å². The van der Waals surface area contributed by atoms with Crippen LogP contribution in [0, 0.1) is 0 Å². The molecule has 1 atom stereocenters. The molecular weight excluding hydrogens is 578 g/mol. The van der Waals surface area contributed by atoms with Gasteiger partial charge in [-0.15, -0.1) is 0 Å². The zero-order chi connectivity index (χ0) is 29.7. The first-order valence-electron chi connectivity index (χ1n) is 16.3. The number of benzene rings is 1. The van der Waals surface area contributed by atoms with E-state index in [0.717, 1.165) is 18.6 Å². The zero-order valence-corrected chi connectivity index (χ0v) is 32.4. The Morgan fingerprint density at radius 2 is 1.22 bits per heavy atom. The van der Waals surface area contributed by atoms with Gasteiger partial charge < -0.3 is 15.3 Å². The second kappa shape index (κ2) is 25.1. The van der Waals surface area contributed by atoms with E-state index in [4.69, 9.17) is 37.1 Å². The van der Waals surface area contributed by atoms with Crippen molar-refractivity contribution in [2.24, 2.45) is 0 Å². The average molecular weight is 642 g/mol. The first-order chi connectivity index (χ1) is 19.1. The SMILES string of the molecule is CCCCCCCCCCCCCCCCCCOC[C@H](CO[Si](C)(C)C(C)(C)C)OCc1ccc(Cl)c(Cl)c1.[H-].[Na+]. The van der Waals surface area contributed by atoms with Crippen molar-refractivity contribution in [1.29, 1.82) is 0 Å². The van der Waals surface area contributed by atoms with Gasteiger partial charge in [0.2, 0.25) is 0 Å². The minimum absolute atomic E-state index is 0. The molecule has 0 radical (unpaired) electrons. The standard InChI is InChI=1S/C34H62Cl2O3Si.Na.H/c1-7-8-9-10-11-12-13-14-15-16-17-18-19-20-21-22-25-37-28-31(29-39-40(5,6)34(2,3)4)38-27-30-23-24-32(35)33(36)26-30;;/h23-24,26,31H,7-22,25,27-29H2,1-6H3;;/q;+1;-1/t31-;;/m1../s1. The Bertz CT molecular complexity index is 765. The monoisotopic (exact) mass is 640 g/mol. The molecule has 3 nitrogen and oxygen atoms in total. The van der Waals surface area contributed by atoms with Crippen LogP contribution in [0.15, 0.2) is 18.2 Å². The van der Waals surface area contributed by atoms with E-state index in [1.54, 1.807) is 0 Å². The number of rotatable bonds is 25. The summed E-state index contributed by atoms with van der Waals surface area (Å²) in [6.07, 6.45) is 21.9. The van der Waals surface area contributed by atoms with Crippen LogP contribution in [0.1, 0.15) is 137 Å². The van der Waals surface area contributed by atoms with Crippen molar-refractivity contribution in [2.45, 2.75) is 161 Å². The normalized spacial score (nSPS) is 12.9. The molecule has 236 valence electrons. The Hall–Kier alpha value is 0.897. The summed E-state index contributed by atoms with van der Waals surface area (Å²) in [6, 6.07) is 5.64. The Balaban J connectivity index is 0. The molecule has 0 aliphatic heterocycles. The first-order valence-corrected chi connectivity index (χ1v) is 20.0. The molecule has 0 amide bonds. The molecule has 1 rings (SSSR count). The molecule has 0 N–H and O–H groups in total. The molecule has 0 fully saturated rings. The molecule has 0 aliphatic carbocycles. The molecule has 1 aromatic rings. The summed E-state index contributed by atoms with van der Waals surface area (Å²) < 4.78 is 18.8. The third kappa shape index (κ3) is 21.3. The van der Waals surface area contributed by atoms with Crippen LogP contribution in [0.25, 0.3) is 0 Å².